The molecule has 0 amide bonds. The zero-order valence-electron chi connectivity index (χ0n) is 11.1. The first-order chi connectivity index (χ1) is 9.29. The number of rotatable bonds is 4. The number of thiophene rings is 1. The molecule has 1 aromatic heterocycles. The number of sulfonamides is 1. The van der Waals surface area contributed by atoms with Gasteiger partial charge in [-0.05, 0) is 60.1 Å². The van der Waals surface area contributed by atoms with Crippen molar-refractivity contribution in [3.05, 3.63) is 44.6 Å². The SMILES string of the molecule is Cc1ccc(C(C)NS(=O)(=O)c2ccc(N)cc2Br)s1. The predicted octanol–water partition coefficient (Wildman–Crippen LogP) is 3.44. The molecule has 7 heteroatoms. The topological polar surface area (TPSA) is 72.2 Å². The quantitative estimate of drug-likeness (QED) is 0.805. The molecule has 108 valence electrons. The van der Waals surface area contributed by atoms with Crippen molar-refractivity contribution < 1.29 is 8.42 Å². The van der Waals surface area contributed by atoms with Gasteiger partial charge in [-0.2, -0.15) is 0 Å². The molecule has 1 unspecified atom stereocenters. The Labute approximate surface area is 131 Å². The largest absolute Gasteiger partial charge is 0.399 e. The van der Waals surface area contributed by atoms with Gasteiger partial charge in [0.05, 0.1) is 10.9 Å². The van der Waals surface area contributed by atoms with Crippen LogP contribution in [0, 0.1) is 6.92 Å². The van der Waals surface area contributed by atoms with Crippen LogP contribution in [-0.2, 0) is 10.0 Å². The van der Waals surface area contributed by atoms with Gasteiger partial charge in [0.1, 0.15) is 0 Å². The molecule has 0 saturated heterocycles. The van der Waals surface area contributed by atoms with Crippen LogP contribution in [0.2, 0.25) is 0 Å². The van der Waals surface area contributed by atoms with Crippen molar-refractivity contribution in [2.75, 3.05) is 5.73 Å². The molecule has 0 radical (unpaired) electrons. The third-order valence-electron chi connectivity index (χ3n) is 2.77. The van der Waals surface area contributed by atoms with Crippen LogP contribution >= 0.6 is 27.3 Å². The fraction of sp³-hybridized carbons (Fsp3) is 0.231. The van der Waals surface area contributed by atoms with Crippen molar-refractivity contribution in [3.63, 3.8) is 0 Å². The Bertz CT molecular complexity index is 726. The smallest absolute Gasteiger partial charge is 0.242 e. The number of nitrogens with one attached hydrogen (secondary N) is 1. The number of hydrogen-bond donors (Lipinski definition) is 2. The molecule has 0 fully saturated rings. The number of aryl methyl sites for hydroxylation is 1. The summed E-state index contributed by atoms with van der Waals surface area (Å²) in [5.74, 6) is 0. The van der Waals surface area contributed by atoms with Crippen LogP contribution in [-0.4, -0.2) is 8.42 Å². The van der Waals surface area contributed by atoms with E-state index in [0.717, 1.165) is 9.75 Å². The molecule has 2 aromatic rings. The first-order valence-corrected chi connectivity index (χ1v) is 9.02. The van der Waals surface area contributed by atoms with Gasteiger partial charge in [0.25, 0.3) is 0 Å². The molecule has 0 aliphatic heterocycles. The van der Waals surface area contributed by atoms with Gasteiger partial charge in [-0.15, -0.1) is 11.3 Å². The molecule has 20 heavy (non-hydrogen) atoms. The number of nitrogens with two attached hydrogens (primary N) is 1. The maximum Gasteiger partial charge on any atom is 0.242 e. The molecule has 1 atom stereocenters. The van der Waals surface area contributed by atoms with E-state index in [1.54, 1.807) is 23.5 Å². The maximum absolute atomic E-state index is 12.4. The Balaban J connectivity index is 2.27. The molecule has 0 bridgehead atoms. The van der Waals surface area contributed by atoms with E-state index in [1.165, 1.54) is 6.07 Å². The summed E-state index contributed by atoms with van der Waals surface area (Å²) >= 11 is 4.82. The summed E-state index contributed by atoms with van der Waals surface area (Å²) in [6.45, 7) is 3.82. The van der Waals surface area contributed by atoms with E-state index in [4.69, 9.17) is 5.73 Å². The van der Waals surface area contributed by atoms with Crippen molar-refractivity contribution in [1.29, 1.82) is 0 Å². The monoisotopic (exact) mass is 374 g/mol. The van der Waals surface area contributed by atoms with Crippen molar-refractivity contribution in [2.45, 2.75) is 24.8 Å². The molecule has 1 heterocycles. The summed E-state index contributed by atoms with van der Waals surface area (Å²) in [4.78, 5) is 2.32. The third kappa shape index (κ3) is 3.41. The lowest BCUT2D eigenvalue weighted by Gasteiger charge is -2.14. The number of benzene rings is 1. The summed E-state index contributed by atoms with van der Waals surface area (Å²) in [5.41, 5.74) is 6.13. The Morgan fingerprint density at radius 3 is 2.55 bits per heavy atom. The van der Waals surface area contributed by atoms with Crippen LogP contribution in [0.25, 0.3) is 0 Å². The van der Waals surface area contributed by atoms with Crippen LogP contribution < -0.4 is 10.5 Å². The van der Waals surface area contributed by atoms with Gasteiger partial charge < -0.3 is 5.73 Å². The van der Waals surface area contributed by atoms with Gasteiger partial charge in [0.2, 0.25) is 10.0 Å². The second-order valence-corrected chi connectivity index (χ2v) is 8.34. The number of hydrogen-bond acceptors (Lipinski definition) is 4. The summed E-state index contributed by atoms with van der Waals surface area (Å²) in [6.07, 6.45) is 0. The molecule has 0 aliphatic carbocycles. The molecule has 1 aromatic carbocycles. The van der Waals surface area contributed by atoms with Crippen molar-refractivity contribution in [1.82, 2.24) is 4.72 Å². The van der Waals surface area contributed by atoms with E-state index in [0.29, 0.717) is 10.2 Å². The van der Waals surface area contributed by atoms with Crippen LogP contribution in [0.1, 0.15) is 22.7 Å². The van der Waals surface area contributed by atoms with Crippen molar-refractivity contribution >= 4 is 43.0 Å². The summed E-state index contributed by atoms with van der Waals surface area (Å²) in [5, 5.41) is 0. The Hall–Kier alpha value is -0.890. The fourth-order valence-electron chi connectivity index (χ4n) is 1.78. The average Bonchev–Trinajstić information content (AvgIpc) is 2.74. The standard InChI is InChI=1S/C13H15BrN2O2S2/c1-8-3-5-12(19-8)9(2)16-20(17,18)13-6-4-10(15)7-11(13)14/h3-7,9,16H,15H2,1-2H3. The third-order valence-corrected chi connectivity index (χ3v) is 6.47. The average molecular weight is 375 g/mol. The first kappa shape index (κ1) is 15.5. The van der Waals surface area contributed by atoms with Gasteiger partial charge in [-0.25, -0.2) is 13.1 Å². The highest BCUT2D eigenvalue weighted by Gasteiger charge is 2.21. The summed E-state index contributed by atoms with van der Waals surface area (Å²) < 4.78 is 27.9. The van der Waals surface area contributed by atoms with Crippen LogP contribution in [0.15, 0.2) is 39.7 Å². The van der Waals surface area contributed by atoms with Crippen molar-refractivity contribution in [2.24, 2.45) is 0 Å². The zero-order chi connectivity index (χ0) is 14.9. The Morgan fingerprint density at radius 1 is 1.30 bits per heavy atom. The summed E-state index contributed by atoms with van der Waals surface area (Å²) in [7, 11) is -3.59. The molecule has 2 rings (SSSR count). The number of halogens is 1. The van der Waals surface area contributed by atoms with E-state index in [-0.39, 0.29) is 10.9 Å². The first-order valence-electron chi connectivity index (χ1n) is 5.93. The number of nitrogen functional groups attached to an aromatic ring is 1. The fourth-order valence-corrected chi connectivity index (χ4v) is 5.05. The van der Waals surface area contributed by atoms with Crippen LogP contribution in [0.4, 0.5) is 5.69 Å². The van der Waals surface area contributed by atoms with Gasteiger partial charge in [-0.3, -0.25) is 0 Å². The molecule has 0 saturated carbocycles. The van der Waals surface area contributed by atoms with Gasteiger partial charge in [-0.1, -0.05) is 0 Å². The molecule has 0 aliphatic rings. The van der Waals surface area contributed by atoms with E-state index < -0.39 is 10.0 Å². The minimum Gasteiger partial charge on any atom is -0.399 e. The highest BCUT2D eigenvalue weighted by Crippen LogP contribution is 2.27. The molecule has 3 N–H and O–H groups in total. The minimum absolute atomic E-state index is 0.187. The van der Waals surface area contributed by atoms with Gasteiger partial charge in [0, 0.05) is 19.9 Å². The van der Waals surface area contributed by atoms with Crippen LogP contribution in [0.5, 0.6) is 0 Å². The molecule has 4 nitrogen and oxygen atoms in total. The Morgan fingerprint density at radius 2 is 2.00 bits per heavy atom. The lowest BCUT2D eigenvalue weighted by atomic mass is 10.3. The lowest BCUT2D eigenvalue weighted by Crippen LogP contribution is -2.26. The predicted molar refractivity (Wildman–Crippen MR) is 86.3 cm³/mol. The highest BCUT2D eigenvalue weighted by atomic mass is 79.9. The van der Waals surface area contributed by atoms with Crippen molar-refractivity contribution in [3.8, 4) is 0 Å². The summed E-state index contributed by atoms with van der Waals surface area (Å²) in [6, 6.07) is 8.28. The minimum atomic E-state index is -3.59. The second kappa shape index (κ2) is 5.85. The van der Waals surface area contributed by atoms with Crippen LogP contribution in [0.3, 0.4) is 0 Å². The molecular weight excluding hydrogens is 360 g/mol. The second-order valence-electron chi connectivity index (χ2n) is 4.48. The zero-order valence-corrected chi connectivity index (χ0v) is 14.3. The van der Waals surface area contributed by atoms with E-state index in [2.05, 4.69) is 20.7 Å². The number of anilines is 1. The van der Waals surface area contributed by atoms with Gasteiger partial charge >= 0.3 is 0 Å². The highest BCUT2D eigenvalue weighted by molar-refractivity contribution is 9.10. The van der Waals surface area contributed by atoms with E-state index >= 15 is 0 Å². The Kier molecular flexibility index (Phi) is 4.53. The molecule has 0 spiro atoms. The lowest BCUT2D eigenvalue weighted by molar-refractivity contribution is 0.568. The molecular formula is C13H15BrN2O2S2. The van der Waals surface area contributed by atoms with E-state index in [1.807, 2.05) is 26.0 Å². The maximum atomic E-state index is 12.4. The van der Waals surface area contributed by atoms with Gasteiger partial charge in [0.15, 0.2) is 0 Å². The van der Waals surface area contributed by atoms with E-state index in [9.17, 15) is 8.42 Å². The normalized spacial score (nSPS) is 13.3.